The lowest BCUT2D eigenvalue weighted by Crippen LogP contribution is -2.28. The van der Waals surface area contributed by atoms with Gasteiger partial charge in [0.15, 0.2) is 5.13 Å². The second-order valence-electron chi connectivity index (χ2n) is 6.22. The predicted octanol–water partition coefficient (Wildman–Crippen LogP) is 3.60. The van der Waals surface area contributed by atoms with Crippen molar-refractivity contribution in [2.45, 2.75) is 13.3 Å². The predicted molar refractivity (Wildman–Crippen MR) is 99.9 cm³/mol. The second kappa shape index (κ2) is 6.29. The number of aryl methyl sites for hydroxylation is 1. The van der Waals surface area contributed by atoms with Crippen LogP contribution in [0.5, 0.6) is 0 Å². The number of carbonyl (C=O) groups excluding carboxylic acids is 2. The molecule has 126 valence electrons. The van der Waals surface area contributed by atoms with Crippen LogP contribution in [0.15, 0.2) is 48.5 Å². The number of nitrogens with zero attached hydrogens (tertiary/aromatic N) is 2. The summed E-state index contributed by atoms with van der Waals surface area (Å²) in [6.45, 7) is 2.41. The molecule has 2 aromatic carbocycles. The van der Waals surface area contributed by atoms with E-state index in [0.29, 0.717) is 11.7 Å². The maximum absolute atomic E-state index is 12.5. The molecule has 1 aliphatic rings. The molecule has 1 atom stereocenters. The molecule has 3 aromatic rings. The van der Waals surface area contributed by atoms with E-state index in [4.69, 9.17) is 0 Å². The molecule has 4 rings (SSSR count). The molecule has 6 heteroatoms. The van der Waals surface area contributed by atoms with Crippen LogP contribution in [0.3, 0.4) is 0 Å². The van der Waals surface area contributed by atoms with E-state index in [1.165, 1.54) is 11.3 Å². The van der Waals surface area contributed by atoms with E-state index >= 15 is 0 Å². The van der Waals surface area contributed by atoms with Gasteiger partial charge in [0.05, 0.1) is 16.1 Å². The van der Waals surface area contributed by atoms with Gasteiger partial charge in [-0.15, -0.1) is 0 Å². The summed E-state index contributed by atoms with van der Waals surface area (Å²) in [4.78, 5) is 30.9. The molecule has 2 amide bonds. The molecule has 0 saturated carbocycles. The zero-order chi connectivity index (χ0) is 17.4. The highest BCUT2D eigenvalue weighted by atomic mass is 32.1. The summed E-state index contributed by atoms with van der Waals surface area (Å²) in [7, 11) is 0. The van der Waals surface area contributed by atoms with Crippen molar-refractivity contribution < 1.29 is 9.59 Å². The van der Waals surface area contributed by atoms with E-state index in [-0.39, 0.29) is 24.2 Å². The fraction of sp³-hybridized carbons (Fsp3) is 0.211. The molecule has 0 radical (unpaired) electrons. The van der Waals surface area contributed by atoms with Crippen molar-refractivity contribution in [3.8, 4) is 0 Å². The Morgan fingerprint density at radius 3 is 2.72 bits per heavy atom. The Hall–Kier alpha value is -2.73. The third-order valence-corrected chi connectivity index (χ3v) is 5.32. The fourth-order valence-corrected chi connectivity index (χ4v) is 3.86. The van der Waals surface area contributed by atoms with Crippen LogP contribution in [0.1, 0.15) is 12.0 Å². The van der Waals surface area contributed by atoms with Gasteiger partial charge in [0.2, 0.25) is 11.8 Å². The van der Waals surface area contributed by atoms with E-state index in [1.807, 2.05) is 55.5 Å². The van der Waals surface area contributed by atoms with E-state index in [0.717, 1.165) is 21.5 Å². The third kappa shape index (κ3) is 3.13. The molecule has 0 bridgehead atoms. The molecule has 2 heterocycles. The number of fused-ring (bicyclic) bond motifs is 1. The number of thiazole rings is 1. The van der Waals surface area contributed by atoms with Crippen LogP contribution in [-0.2, 0) is 9.59 Å². The smallest absolute Gasteiger partial charge is 0.231 e. The van der Waals surface area contributed by atoms with Crippen molar-refractivity contribution in [2.24, 2.45) is 5.92 Å². The lowest BCUT2D eigenvalue weighted by molar-refractivity contribution is -0.122. The Morgan fingerprint density at radius 1 is 1.20 bits per heavy atom. The zero-order valence-corrected chi connectivity index (χ0v) is 14.5. The number of aromatic nitrogens is 1. The normalized spacial score (nSPS) is 17.2. The first kappa shape index (κ1) is 15.8. The maximum atomic E-state index is 12.5. The van der Waals surface area contributed by atoms with Crippen LogP contribution in [0.4, 0.5) is 10.8 Å². The highest BCUT2D eigenvalue weighted by Crippen LogP contribution is 2.29. The third-order valence-electron chi connectivity index (χ3n) is 4.37. The number of hydrogen-bond donors (Lipinski definition) is 1. The Balaban J connectivity index is 1.47. The average Bonchev–Trinajstić information content (AvgIpc) is 3.18. The van der Waals surface area contributed by atoms with Gasteiger partial charge in [-0.05, 0) is 31.2 Å². The molecular formula is C19H17N3O2S. The molecule has 0 spiro atoms. The Labute approximate surface area is 149 Å². The summed E-state index contributed by atoms with van der Waals surface area (Å²) in [5.41, 5.74) is 2.85. The minimum absolute atomic E-state index is 0.0201. The number of nitrogens with one attached hydrogen (secondary N) is 1. The number of carbonyl (C=O) groups is 2. The largest absolute Gasteiger partial charge is 0.312 e. The molecule has 1 fully saturated rings. The minimum Gasteiger partial charge on any atom is -0.312 e. The molecule has 1 saturated heterocycles. The Morgan fingerprint density at radius 2 is 1.96 bits per heavy atom. The fourth-order valence-electron chi connectivity index (χ4n) is 2.99. The first-order valence-corrected chi connectivity index (χ1v) is 8.95. The van der Waals surface area contributed by atoms with E-state index in [2.05, 4.69) is 10.3 Å². The van der Waals surface area contributed by atoms with Crippen LogP contribution >= 0.6 is 11.3 Å². The summed E-state index contributed by atoms with van der Waals surface area (Å²) < 4.78 is 1.03. The second-order valence-corrected chi connectivity index (χ2v) is 7.25. The summed E-state index contributed by atoms with van der Waals surface area (Å²) in [5, 5.41) is 3.44. The quantitative estimate of drug-likeness (QED) is 0.784. The summed E-state index contributed by atoms with van der Waals surface area (Å²) in [6.07, 6.45) is 0.227. The van der Waals surface area contributed by atoms with Gasteiger partial charge >= 0.3 is 0 Å². The summed E-state index contributed by atoms with van der Waals surface area (Å²) in [5.74, 6) is -0.531. The number of hydrogen-bond acceptors (Lipinski definition) is 4. The summed E-state index contributed by atoms with van der Waals surface area (Å²) >= 11 is 1.44. The number of amides is 2. The van der Waals surface area contributed by atoms with Crippen LogP contribution < -0.4 is 10.2 Å². The molecule has 25 heavy (non-hydrogen) atoms. The van der Waals surface area contributed by atoms with Gasteiger partial charge in [-0.2, -0.15) is 0 Å². The maximum Gasteiger partial charge on any atom is 0.231 e. The molecule has 5 nitrogen and oxygen atoms in total. The molecule has 1 aromatic heterocycles. The van der Waals surface area contributed by atoms with Crippen molar-refractivity contribution in [2.75, 3.05) is 16.8 Å². The molecular weight excluding hydrogens is 334 g/mol. The van der Waals surface area contributed by atoms with Gasteiger partial charge in [0.1, 0.15) is 0 Å². The van der Waals surface area contributed by atoms with E-state index in [1.54, 1.807) is 4.90 Å². The first-order chi connectivity index (χ1) is 12.1. The van der Waals surface area contributed by atoms with E-state index < -0.39 is 0 Å². The van der Waals surface area contributed by atoms with Crippen molar-refractivity contribution in [3.05, 3.63) is 54.1 Å². The molecule has 1 unspecified atom stereocenters. The van der Waals surface area contributed by atoms with Crippen LogP contribution in [0.2, 0.25) is 0 Å². The monoisotopic (exact) mass is 351 g/mol. The molecule has 1 N–H and O–H groups in total. The van der Waals surface area contributed by atoms with Crippen LogP contribution in [-0.4, -0.2) is 23.3 Å². The van der Waals surface area contributed by atoms with Gasteiger partial charge in [0.25, 0.3) is 0 Å². The molecule has 0 aliphatic carbocycles. The van der Waals surface area contributed by atoms with Crippen molar-refractivity contribution in [1.82, 2.24) is 4.98 Å². The van der Waals surface area contributed by atoms with Crippen molar-refractivity contribution >= 4 is 44.2 Å². The number of rotatable bonds is 3. The lowest BCUT2D eigenvalue weighted by Gasteiger charge is -2.16. The topological polar surface area (TPSA) is 62.3 Å². The zero-order valence-electron chi connectivity index (χ0n) is 13.7. The molecule has 1 aliphatic heterocycles. The Kier molecular flexibility index (Phi) is 3.97. The van der Waals surface area contributed by atoms with Gasteiger partial charge in [-0.25, -0.2) is 4.98 Å². The van der Waals surface area contributed by atoms with Gasteiger partial charge in [0, 0.05) is 18.7 Å². The average molecular weight is 351 g/mol. The SMILES string of the molecule is Cc1ccc(N2CC(C(=O)Nc3nc4ccccc4s3)CC2=O)cc1. The van der Waals surface area contributed by atoms with Gasteiger partial charge < -0.3 is 10.2 Å². The van der Waals surface area contributed by atoms with Gasteiger partial charge in [-0.3, -0.25) is 9.59 Å². The minimum atomic E-state index is -0.360. The van der Waals surface area contributed by atoms with Gasteiger partial charge in [-0.1, -0.05) is 41.2 Å². The van der Waals surface area contributed by atoms with Crippen LogP contribution in [0.25, 0.3) is 10.2 Å². The van der Waals surface area contributed by atoms with Crippen molar-refractivity contribution in [1.29, 1.82) is 0 Å². The number of para-hydroxylation sites is 1. The summed E-state index contributed by atoms with van der Waals surface area (Å²) in [6, 6.07) is 15.5. The number of benzene rings is 2. The first-order valence-electron chi connectivity index (χ1n) is 8.13. The Bertz CT molecular complexity index is 916. The van der Waals surface area contributed by atoms with Crippen molar-refractivity contribution in [3.63, 3.8) is 0 Å². The highest BCUT2D eigenvalue weighted by Gasteiger charge is 2.35. The number of anilines is 2. The van der Waals surface area contributed by atoms with Crippen LogP contribution in [0, 0.1) is 12.8 Å². The lowest BCUT2D eigenvalue weighted by atomic mass is 10.1. The standard InChI is InChI=1S/C19H17N3O2S/c1-12-6-8-14(9-7-12)22-11-13(10-17(22)23)18(24)21-19-20-15-4-2-3-5-16(15)25-19/h2-9,13H,10-11H2,1H3,(H,20,21,24). The van der Waals surface area contributed by atoms with E-state index in [9.17, 15) is 9.59 Å². The highest BCUT2D eigenvalue weighted by molar-refractivity contribution is 7.22.